The SMILES string of the molecule is CC(C)(C)C1CC(Nc2ccc(F)cc2Cc2ccccc2)CCN1C(=O)[O-]. The monoisotopic (exact) mass is 383 g/mol. The zero-order valence-electron chi connectivity index (χ0n) is 16.7. The van der Waals surface area contributed by atoms with Gasteiger partial charge in [0, 0.05) is 24.3 Å². The zero-order chi connectivity index (χ0) is 20.3. The maximum atomic E-state index is 13.9. The van der Waals surface area contributed by atoms with E-state index >= 15 is 0 Å². The highest BCUT2D eigenvalue weighted by molar-refractivity contribution is 5.63. The van der Waals surface area contributed by atoms with E-state index in [1.807, 2.05) is 30.3 Å². The Hall–Kier alpha value is -2.56. The molecule has 1 fully saturated rings. The first-order chi connectivity index (χ1) is 13.2. The van der Waals surface area contributed by atoms with Gasteiger partial charge in [-0.2, -0.15) is 0 Å². The van der Waals surface area contributed by atoms with Crippen molar-refractivity contribution in [2.75, 3.05) is 11.9 Å². The molecule has 0 aromatic heterocycles. The molecule has 2 unspecified atom stereocenters. The van der Waals surface area contributed by atoms with Gasteiger partial charge in [0.1, 0.15) is 11.9 Å². The number of carbonyl (C=O) groups is 1. The smallest absolute Gasteiger partial charge is 0.137 e. The minimum Gasteiger partial charge on any atom is -0.530 e. The lowest BCUT2D eigenvalue weighted by Gasteiger charge is -2.47. The molecule has 3 rings (SSSR count). The summed E-state index contributed by atoms with van der Waals surface area (Å²) < 4.78 is 13.9. The zero-order valence-corrected chi connectivity index (χ0v) is 16.7. The third kappa shape index (κ3) is 4.83. The molecule has 1 saturated heterocycles. The maximum absolute atomic E-state index is 13.9. The fourth-order valence-electron chi connectivity index (χ4n) is 4.02. The van der Waals surface area contributed by atoms with Gasteiger partial charge in [-0.25, -0.2) is 4.39 Å². The number of rotatable bonds is 4. The Kier molecular flexibility index (Phi) is 5.92. The lowest BCUT2D eigenvalue weighted by Crippen LogP contribution is -2.57. The molecule has 2 atom stereocenters. The number of anilines is 1. The van der Waals surface area contributed by atoms with E-state index in [-0.39, 0.29) is 23.3 Å². The summed E-state index contributed by atoms with van der Waals surface area (Å²) in [4.78, 5) is 13.0. The first kappa shape index (κ1) is 20.2. The predicted molar refractivity (Wildman–Crippen MR) is 108 cm³/mol. The summed E-state index contributed by atoms with van der Waals surface area (Å²) in [6, 6.07) is 14.8. The summed E-state index contributed by atoms with van der Waals surface area (Å²) in [6.45, 7) is 6.59. The van der Waals surface area contributed by atoms with E-state index in [0.717, 1.165) is 16.8 Å². The average molecular weight is 383 g/mol. The van der Waals surface area contributed by atoms with Gasteiger partial charge in [0.15, 0.2) is 0 Å². The Morgan fingerprint density at radius 2 is 1.93 bits per heavy atom. The van der Waals surface area contributed by atoms with Gasteiger partial charge >= 0.3 is 0 Å². The third-order valence-corrected chi connectivity index (χ3v) is 5.50. The van der Waals surface area contributed by atoms with Crippen LogP contribution in [0.15, 0.2) is 48.5 Å². The molecule has 1 N–H and O–H groups in total. The van der Waals surface area contributed by atoms with Crippen LogP contribution in [-0.2, 0) is 6.42 Å². The Morgan fingerprint density at radius 1 is 1.21 bits per heavy atom. The minimum atomic E-state index is -1.11. The lowest BCUT2D eigenvalue weighted by molar-refractivity contribution is -0.271. The maximum Gasteiger partial charge on any atom is 0.137 e. The first-order valence-corrected chi connectivity index (χ1v) is 9.80. The average Bonchev–Trinajstić information content (AvgIpc) is 2.64. The van der Waals surface area contributed by atoms with Crippen LogP contribution in [0, 0.1) is 11.2 Å². The molecular weight excluding hydrogens is 355 g/mol. The molecule has 0 aliphatic carbocycles. The standard InChI is InChI=1S/C23H29FN2O2/c1-23(2,3)21-15-19(11-12-26(21)22(27)28)25-20-10-9-18(24)14-17(20)13-16-7-5-4-6-8-16/h4-10,14,19,21,25H,11-13,15H2,1-3H3,(H,27,28)/p-1. The van der Waals surface area contributed by atoms with Crippen molar-refractivity contribution in [2.24, 2.45) is 5.41 Å². The molecule has 1 aliphatic rings. The van der Waals surface area contributed by atoms with E-state index in [0.29, 0.717) is 25.8 Å². The Balaban J connectivity index is 1.79. The number of likely N-dealkylation sites (tertiary alicyclic amines) is 1. The molecule has 28 heavy (non-hydrogen) atoms. The molecule has 5 heteroatoms. The van der Waals surface area contributed by atoms with E-state index in [4.69, 9.17) is 0 Å². The number of nitrogens with zero attached hydrogens (tertiary/aromatic N) is 1. The van der Waals surface area contributed by atoms with Gasteiger partial charge in [-0.05, 0) is 54.0 Å². The third-order valence-electron chi connectivity index (χ3n) is 5.50. The fourth-order valence-corrected chi connectivity index (χ4v) is 4.02. The Morgan fingerprint density at radius 3 is 2.57 bits per heavy atom. The predicted octanol–water partition coefficient (Wildman–Crippen LogP) is 4.05. The summed E-state index contributed by atoms with van der Waals surface area (Å²) >= 11 is 0. The van der Waals surface area contributed by atoms with E-state index in [1.54, 1.807) is 12.1 Å². The van der Waals surface area contributed by atoms with Crippen LogP contribution in [0.25, 0.3) is 0 Å². The Labute approximate surface area is 166 Å². The van der Waals surface area contributed by atoms with Crippen molar-refractivity contribution in [2.45, 2.75) is 52.1 Å². The number of halogens is 1. The lowest BCUT2D eigenvalue weighted by atomic mass is 9.79. The van der Waals surface area contributed by atoms with Gasteiger partial charge in [0.2, 0.25) is 0 Å². The van der Waals surface area contributed by atoms with Crippen LogP contribution in [0.2, 0.25) is 0 Å². The number of carboxylic acid groups (broad SMARTS) is 1. The van der Waals surface area contributed by atoms with Gasteiger partial charge in [-0.1, -0.05) is 51.1 Å². The fraction of sp³-hybridized carbons (Fsp3) is 0.435. The first-order valence-electron chi connectivity index (χ1n) is 9.80. The van der Waals surface area contributed by atoms with Crippen molar-refractivity contribution in [3.05, 3.63) is 65.5 Å². The Bertz CT molecular complexity index is 817. The normalized spacial score (nSPS) is 20.1. The minimum absolute atomic E-state index is 0.123. The van der Waals surface area contributed by atoms with Crippen molar-refractivity contribution in [3.8, 4) is 0 Å². The second kappa shape index (κ2) is 8.21. The van der Waals surface area contributed by atoms with E-state index in [1.165, 1.54) is 11.0 Å². The topological polar surface area (TPSA) is 55.4 Å². The van der Waals surface area contributed by atoms with Crippen LogP contribution in [0.1, 0.15) is 44.7 Å². The van der Waals surface area contributed by atoms with Gasteiger partial charge < -0.3 is 20.1 Å². The van der Waals surface area contributed by atoms with Gasteiger partial charge in [-0.15, -0.1) is 0 Å². The molecule has 150 valence electrons. The number of hydrogen-bond acceptors (Lipinski definition) is 3. The van der Waals surface area contributed by atoms with Crippen molar-refractivity contribution >= 4 is 11.8 Å². The molecule has 0 bridgehead atoms. The quantitative estimate of drug-likeness (QED) is 0.867. The van der Waals surface area contributed by atoms with Crippen LogP contribution in [-0.4, -0.2) is 29.6 Å². The molecule has 1 heterocycles. The van der Waals surface area contributed by atoms with Crippen LogP contribution in [0.4, 0.5) is 14.9 Å². The van der Waals surface area contributed by atoms with Crippen LogP contribution in [0.3, 0.4) is 0 Å². The molecule has 2 aromatic carbocycles. The second-order valence-electron chi connectivity index (χ2n) is 8.67. The van der Waals surface area contributed by atoms with Crippen molar-refractivity contribution in [3.63, 3.8) is 0 Å². The molecule has 1 aliphatic heterocycles. The van der Waals surface area contributed by atoms with Crippen LogP contribution >= 0.6 is 0 Å². The van der Waals surface area contributed by atoms with Crippen LogP contribution in [0.5, 0.6) is 0 Å². The van der Waals surface area contributed by atoms with E-state index < -0.39 is 6.09 Å². The number of carbonyl (C=O) groups excluding carboxylic acids is 1. The second-order valence-corrected chi connectivity index (χ2v) is 8.67. The summed E-state index contributed by atoms with van der Waals surface area (Å²) in [5.41, 5.74) is 2.75. The number of nitrogens with one attached hydrogen (secondary N) is 1. The van der Waals surface area contributed by atoms with Crippen molar-refractivity contribution in [1.29, 1.82) is 0 Å². The van der Waals surface area contributed by atoms with Crippen molar-refractivity contribution in [1.82, 2.24) is 4.90 Å². The van der Waals surface area contributed by atoms with Gasteiger partial charge in [0.05, 0.1) is 0 Å². The molecule has 4 nitrogen and oxygen atoms in total. The highest BCUT2D eigenvalue weighted by Gasteiger charge is 2.36. The van der Waals surface area contributed by atoms with Gasteiger partial charge in [0.25, 0.3) is 0 Å². The number of piperidine rings is 1. The summed E-state index contributed by atoms with van der Waals surface area (Å²) in [7, 11) is 0. The number of hydrogen-bond donors (Lipinski definition) is 1. The molecule has 0 radical (unpaired) electrons. The van der Waals surface area contributed by atoms with Gasteiger partial charge in [-0.3, -0.25) is 0 Å². The van der Waals surface area contributed by atoms with Crippen molar-refractivity contribution < 1.29 is 14.3 Å². The summed E-state index contributed by atoms with van der Waals surface area (Å²) in [5.74, 6) is -0.254. The highest BCUT2D eigenvalue weighted by Crippen LogP contribution is 2.33. The number of benzene rings is 2. The number of amides is 1. The van der Waals surface area contributed by atoms with E-state index in [9.17, 15) is 14.3 Å². The molecule has 1 amide bonds. The summed E-state index contributed by atoms with van der Waals surface area (Å²) in [6.07, 6.45) is 0.925. The molecule has 0 saturated carbocycles. The largest absolute Gasteiger partial charge is 0.530 e. The molecule has 2 aromatic rings. The molecule has 0 spiro atoms. The van der Waals surface area contributed by atoms with Crippen LogP contribution < -0.4 is 10.4 Å². The molecular formula is C23H28FN2O2-. The highest BCUT2D eigenvalue weighted by atomic mass is 19.1. The summed E-state index contributed by atoms with van der Waals surface area (Å²) in [5, 5.41) is 15.1. The van der Waals surface area contributed by atoms with E-state index in [2.05, 4.69) is 26.1 Å².